The first-order valence-electron chi connectivity index (χ1n) is 9.67. The Kier molecular flexibility index (Phi) is 9.26. The largest absolute Gasteiger partial charge is 0.492 e. The molecule has 9 heteroatoms. The number of carbonyl (C=O) groups excluding carboxylic acids is 2. The fraction of sp³-hybridized carbons (Fsp3) is 0.318. The minimum atomic E-state index is -0.460. The van der Waals surface area contributed by atoms with Crippen LogP contribution in [0.5, 0.6) is 11.5 Å². The second kappa shape index (κ2) is 11.7. The molecule has 3 N–H and O–H groups in total. The molecule has 0 unspecified atom stereocenters. The Morgan fingerprint density at radius 3 is 2.35 bits per heavy atom. The van der Waals surface area contributed by atoms with Crippen LogP contribution in [0.25, 0.3) is 0 Å². The Labute approximate surface area is 196 Å². The van der Waals surface area contributed by atoms with Gasteiger partial charge in [0, 0.05) is 4.47 Å². The van der Waals surface area contributed by atoms with Crippen LogP contribution in [0, 0.1) is 19.8 Å². The molecule has 2 aromatic rings. The van der Waals surface area contributed by atoms with E-state index in [-0.39, 0.29) is 11.7 Å². The molecule has 2 amide bonds. The summed E-state index contributed by atoms with van der Waals surface area (Å²) in [4.78, 5) is 24.6. The third-order valence-corrected chi connectivity index (χ3v) is 4.56. The summed E-state index contributed by atoms with van der Waals surface area (Å²) in [5, 5.41) is 2.46. The number of hydrazine groups is 1. The first-order valence-corrected chi connectivity index (χ1v) is 10.9. The molecule has 0 heterocycles. The Morgan fingerprint density at radius 2 is 1.71 bits per heavy atom. The van der Waals surface area contributed by atoms with E-state index in [2.05, 4.69) is 32.1 Å². The van der Waals surface area contributed by atoms with Crippen molar-refractivity contribution >= 4 is 45.1 Å². The number of rotatable bonds is 7. The molecule has 0 aromatic heterocycles. The second-order valence-electron chi connectivity index (χ2n) is 7.41. The molecule has 0 aliphatic rings. The average molecular weight is 508 g/mol. The highest BCUT2D eigenvalue weighted by atomic mass is 79.9. The van der Waals surface area contributed by atoms with E-state index in [1.165, 1.54) is 0 Å². The SMILES string of the molecule is Cc1cc(C)cc(OCC(=O)NNC(=S)NC(=O)c2cc(Br)ccc2OCC(C)C)c1. The maximum atomic E-state index is 12.6. The van der Waals surface area contributed by atoms with Crippen molar-refractivity contribution in [1.82, 2.24) is 16.2 Å². The van der Waals surface area contributed by atoms with Crippen LogP contribution in [-0.2, 0) is 4.79 Å². The van der Waals surface area contributed by atoms with Gasteiger partial charge in [0.2, 0.25) is 0 Å². The van der Waals surface area contributed by atoms with Crippen molar-refractivity contribution in [3.63, 3.8) is 0 Å². The van der Waals surface area contributed by atoms with Crippen LogP contribution >= 0.6 is 28.1 Å². The molecule has 0 aliphatic heterocycles. The van der Waals surface area contributed by atoms with Crippen molar-refractivity contribution in [3.8, 4) is 11.5 Å². The monoisotopic (exact) mass is 507 g/mol. The number of halogens is 1. The summed E-state index contributed by atoms with van der Waals surface area (Å²) in [6.45, 7) is 8.21. The van der Waals surface area contributed by atoms with E-state index in [0.717, 1.165) is 15.6 Å². The van der Waals surface area contributed by atoms with Crippen LogP contribution in [0.4, 0.5) is 0 Å². The van der Waals surface area contributed by atoms with Gasteiger partial charge in [0.15, 0.2) is 11.7 Å². The Balaban J connectivity index is 1.86. The molecule has 0 radical (unpaired) electrons. The first-order chi connectivity index (χ1) is 14.6. The van der Waals surface area contributed by atoms with E-state index in [1.54, 1.807) is 18.2 Å². The van der Waals surface area contributed by atoms with Crippen molar-refractivity contribution < 1.29 is 19.1 Å². The van der Waals surface area contributed by atoms with Crippen LogP contribution in [-0.4, -0.2) is 30.1 Å². The number of hydrogen-bond acceptors (Lipinski definition) is 5. The second-order valence-corrected chi connectivity index (χ2v) is 8.74. The number of thiocarbonyl (C=S) groups is 1. The summed E-state index contributed by atoms with van der Waals surface area (Å²) in [5.74, 6) is 0.455. The van der Waals surface area contributed by atoms with Gasteiger partial charge in [0.05, 0.1) is 12.2 Å². The van der Waals surface area contributed by atoms with Crippen LogP contribution < -0.4 is 25.6 Å². The number of ether oxygens (including phenoxy) is 2. The lowest BCUT2D eigenvalue weighted by molar-refractivity contribution is -0.123. The van der Waals surface area contributed by atoms with Gasteiger partial charge in [0.25, 0.3) is 11.8 Å². The Morgan fingerprint density at radius 1 is 1.03 bits per heavy atom. The Hall–Kier alpha value is -2.65. The third-order valence-electron chi connectivity index (χ3n) is 3.87. The third kappa shape index (κ3) is 8.55. The standard InChI is InChI=1S/C22H26BrN3O4S/c1-13(2)11-30-19-6-5-16(23)10-18(19)21(28)24-22(31)26-25-20(27)12-29-17-8-14(3)7-15(4)9-17/h5-10,13H,11-12H2,1-4H3,(H,25,27)(H2,24,26,28,31). The molecule has 0 saturated carbocycles. The van der Waals surface area contributed by atoms with Gasteiger partial charge in [-0.15, -0.1) is 0 Å². The average Bonchev–Trinajstić information content (AvgIpc) is 2.69. The number of aryl methyl sites for hydroxylation is 2. The van der Waals surface area contributed by atoms with Crippen LogP contribution in [0.1, 0.15) is 35.3 Å². The summed E-state index contributed by atoms with van der Waals surface area (Å²) in [6, 6.07) is 10.8. The van der Waals surface area contributed by atoms with E-state index >= 15 is 0 Å². The summed E-state index contributed by atoms with van der Waals surface area (Å²) >= 11 is 8.44. The van der Waals surface area contributed by atoms with Gasteiger partial charge in [-0.2, -0.15) is 0 Å². The number of hydrogen-bond donors (Lipinski definition) is 3. The van der Waals surface area contributed by atoms with E-state index in [4.69, 9.17) is 21.7 Å². The Bertz CT molecular complexity index is 946. The highest BCUT2D eigenvalue weighted by molar-refractivity contribution is 9.10. The van der Waals surface area contributed by atoms with Crippen molar-refractivity contribution in [2.24, 2.45) is 5.92 Å². The lowest BCUT2D eigenvalue weighted by Crippen LogP contribution is -2.49. The van der Waals surface area contributed by atoms with Gasteiger partial charge in [-0.1, -0.05) is 35.8 Å². The number of nitrogens with one attached hydrogen (secondary N) is 3. The predicted molar refractivity (Wildman–Crippen MR) is 127 cm³/mol. The smallest absolute Gasteiger partial charge is 0.276 e. The number of amides is 2. The van der Waals surface area contributed by atoms with Gasteiger partial charge in [-0.05, 0) is 73.4 Å². The summed E-state index contributed by atoms with van der Waals surface area (Å²) in [6.07, 6.45) is 0. The molecule has 0 bridgehead atoms. The lowest BCUT2D eigenvalue weighted by atomic mass is 10.1. The van der Waals surface area contributed by atoms with Crippen molar-refractivity contribution in [3.05, 3.63) is 57.6 Å². The zero-order chi connectivity index (χ0) is 23.0. The van der Waals surface area contributed by atoms with E-state index < -0.39 is 11.8 Å². The van der Waals surface area contributed by atoms with Gasteiger partial charge in [-0.3, -0.25) is 25.8 Å². The van der Waals surface area contributed by atoms with E-state index in [1.807, 2.05) is 45.9 Å². The minimum absolute atomic E-state index is 0.0560. The molecule has 2 rings (SSSR count). The molecule has 0 aliphatic carbocycles. The predicted octanol–water partition coefficient (Wildman–Crippen LogP) is 3.82. The molecule has 166 valence electrons. The zero-order valence-corrected chi connectivity index (χ0v) is 20.3. The normalized spacial score (nSPS) is 10.4. The lowest BCUT2D eigenvalue weighted by Gasteiger charge is -2.15. The molecule has 0 saturated heterocycles. The highest BCUT2D eigenvalue weighted by Crippen LogP contribution is 2.24. The maximum absolute atomic E-state index is 12.6. The molecule has 0 fully saturated rings. The minimum Gasteiger partial charge on any atom is -0.492 e. The molecular formula is C22H26BrN3O4S. The molecule has 0 spiro atoms. The van der Waals surface area contributed by atoms with Gasteiger partial charge in [-0.25, -0.2) is 0 Å². The molecular weight excluding hydrogens is 482 g/mol. The van der Waals surface area contributed by atoms with Crippen molar-refractivity contribution in [2.45, 2.75) is 27.7 Å². The maximum Gasteiger partial charge on any atom is 0.276 e. The first kappa shape index (κ1) is 24.6. The summed E-state index contributed by atoms with van der Waals surface area (Å²) in [7, 11) is 0. The quantitative estimate of drug-likeness (QED) is 0.390. The summed E-state index contributed by atoms with van der Waals surface area (Å²) in [5.41, 5.74) is 7.30. The van der Waals surface area contributed by atoms with Crippen molar-refractivity contribution in [2.75, 3.05) is 13.2 Å². The van der Waals surface area contributed by atoms with Crippen LogP contribution in [0.3, 0.4) is 0 Å². The fourth-order valence-corrected chi connectivity index (χ4v) is 3.10. The van der Waals surface area contributed by atoms with Gasteiger partial charge in [0.1, 0.15) is 11.5 Å². The molecule has 31 heavy (non-hydrogen) atoms. The van der Waals surface area contributed by atoms with E-state index in [0.29, 0.717) is 29.6 Å². The van der Waals surface area contributed by atoms with Crippen molar-refractivity contribution in [1.29, 1.82) is 0 Å². The van der Waals surface area contributed by atoms with Crippen LogP contribution in [0.2, 0.25) is 0 Å². The van der Waals surface area contributed by atoms with E-state index in [9.17, 15) is 9.59 Å². The highest BCUT2D eigenvalue weighted by Gasteiger charge is 2.15. The topological polar surface area (TPSA) is 88.7 Å². The molecule has 7 nitrogen and oxygen atoms in total. The van der Waals surface area contributed by atoms with Gasteiger partial charge < -0.3 is 9.47 Å². The molecule has 2 aromatic carbocycles. The van der Waals surface area contributed by atoms with Gasteiger partial charge >= 0.3 is 0 Å². The van der Waals surface area contributed by atoms with Crippen LogP contribution in [0.15, 0.2) is 40.9 Å². The molecule has 0 atom stereocenters. The summed E-state index contributed by atoms with van der Waals surface area (Å²) < 4.78 is 11.9. The number of carbonyl (C=O) groups is 2. The number of benzene rings is 2. The zero-order valence-electron chi connectivity index (χ0n) is 17.9. The fourth-order valence-electron chi connectivity index (χ4n) is 2.59.